The van der Waals surface area contributed by atoms with Crippen molar-refractivity contribution in [3.8, 4) is 0 Å². The molecule has 0 bridgehead atoms. The van der Waals surface area contributed by atoms with Crippen molar-refractivity contribution in [2.24, 2.45) is 5.84 Å². The summed E-state index contributed by atoms with van der Waals surface area (Å²) in [5.41, 5.74) is 4.19. The van der Waals surface area contributed by atoms with Crippen molar-refractivity contribution in [2.45, 2.75) is 18.9 Å². The van der Waals surface area contributed by atoms with Crippen molar-refractivity contribution in [1.82, 2.24) is 10.3 Å². The minimum atomic E-state index is 0.330. The Bertz CT molecular complexity index is 315. The van der Waals surface area contributed by atoms with E-state index in [0.717, 1.165) is 23.9 Å². The number of nitrogens with two attached hydrogens (primary N) is 1. The van der Waals surface area contributed by atoms with E-state index in [2.05, 4.69) is 58.6 Å². The summed E-state index contributed by atoms with van der Waals surface area (Å²) >= 11 is 3.48. The average Bonchev–Trinajstić information content (AvgIpc) is 2.24. The number of hydrogen-bond acceptors (Lipinski definition) is 3. The largest absolute Gasteiger partial charge is 0.309 e. The van der Waals surface area contributed by atoms with Crippen LogP contribution >= 0.6 is 15.9 Å². The van der Waals surface area contributed by atoms with Gasteiger partial charge < -0.3 is 4.90 Å². The Hall–Kier alpha value is -0.420. The Morgan fingerprint density at radius 3 is 2.75 bits per heavy atom. The van der Waals surface area contributed by atoms with Crippen molar-refractivity contribution >= 4 is 15.9 Å². The van der Waals surface area contributed by atoms with E-state index in [-0.39, 0.29) is 0 Å². The zero-order valence-electron chi connectivity index (χ0n) is 9.91. The van der Waals surface area contributed by atoms with Gasteiger partial charge in [-0.15, -0.1) is 0 Å². The predicted molar refractivity (Wildman–Crippen MR) is 72.1 cm³/mol. The van der Waals surface area contributed by atoms with Crippen molar-refractivity contribution < 1.29 is 0 Å². The van der Waals surface area contributed by atoms with Gasteiger partial charge in [0.2, 0.25) is 0 Å². The molecule has 0 heterocycles. The summed E-state index contributed by atoms with van der Waals surface area (Å²) in [6.45, 7) is 1.04. The number of rotatable bonds is 6. The second kappa shape index (κ2) is 7.01. The molecule has 3 N–H and O–H groups in total. The van der Waals surface area contributed by atoms with Gasteiger partial charge in [-0.05, 0) is 51.2 Å². The molecular formula is C12H20BrN3. The molecule has 0 radical (unpaired) electrons. The summed E-state index contributed by atoms with van der Waals surface area (Å²) in [6.07, 6.45) is 2.01. The number of benzene rings is 1. The molecule has 16 heavy (non-hydrogen) atoms. The van der Waals surface area contributed by atoms with Crippen LogP contribution in [0.5, 0.6) is 0 Å². The van der Waals surface area contributed by atoms with Gasteiger partial charge in [0.05, 0.1) is 0 Å². The average molecular weight is 286 g/mol. The highest BCUT2D eigenvalue weighted by Gasteiger charge is 2.08. The maximum Gasteiger partial charge on any atom is 0.0263 e. The van der Waals surface area contributed by atoms with Gasteiger partial charge in [0.25, 0.3) is 0 Å². The summed E-state index contributed by atoms with van der Waals surface area (Å²) in [7, 11) is 4.15. The second-order valence-electron chi connectivity index (χ2n) is 4.29. The lowest BCUT2D eigenvalue weighted by Gasteiger charge is -2.18. The van der Waals surface area contributed by atoms with Gasteiger partial charge in [-0.2, -0.15) is 0 Å². The molecule has 3 nitrogen and oxygen atoms in total. The molecule has 1 unspecified atom stereocenters. The van der Waals surface area contributed by atoms with Crippen LogP contribution in [0, 0.1) is 0 Å². The first-order valence-corrected chi connectivity index (χ1v) is 6.26. The number of halogens is 1. The van der Waals surface area contributed by atoms with E-state index in [1.165, 1.54) is 5.56 Å². The van der Waals surface area contributed by atoms with Crippen LogP contribution in [0.1, 0.15) is 12.0 Å². The maximum atomic E-state index is 5.56. The molecule has 90 valence electrons. The molecule has 0 saturated carbocycles. The molecule has 1 aromatic carbocycles. The fourth-order valence-corrected chi connectivity index (χ4v) is 2.05. The first-order valence-electron chi connectivity index (χ1n) is 5.47. The molecule has 0 aromatic heterocycles. The standard InChI is InChI=1S/C12H20BrN3/c1-16(2)7-6-12(15-14)9-10-4-3-5-11(13)8-10/h3-5,8,12,15H,6-7,9,14H2,1-2H3. The second-order valence-corrected chi connectivity index (χ2v) is 5.21. The lowest BCUT2D eigenvalue weighted by Crippen LogP contribution is -2.38. The summed E-state index contributed by atoms with van der Waals surface area (Å²) < 4.78 is 1.12. The van der Waals surface area contributed by atoms with E-state index in [0.29, 0.717) is 6.04 Å². The van der Waals surface area contributed by atoms with Gasteiger partial charge in [-0.25, -0.2) is 0 Å². The summed E-state index contributed by atoms with van der Waals surface area (Å²) in [5.74, 6) is 5.56. The van der Waals surface area contributed by atoms with Crippen molar-refractivity contribution in [2.75, 3.05) is 20.6 Å². The van der Waals surface area contributed by atoms with Gasteiger partial charge in [0.1, 0.15) is 0 Å². The molecule has 0 amide bonds. The van der Waals surface area contributed by atoms with Crippen molar-refractivity contribution in [1.29, 1.82) is 0 Å². The number of hydrazine groups is 1. The van der Waals surface area contributed by atoms with Crippen LogP contribution in [-0.4, -0.2) is 31.6 Å². The molecule has 1 rings (SSSR count). The fraction of sp³-hybridized carbons (Fsp3) is 0.500. The minimum absolute atomic E-state index is 0.330. The maximum absolute atomic E-state index is 5.56. The van der Waals surface area contributed by atoms with Crippen molar-refractivity contribution in [3.63, 3.8) is 0 Å². The SMILES string of the molecule is CN(C)CCC(Cc1cccc(Br)c1)NN. The molecule has 0 spiro atoms. The highest BCUT2D eigenvalue weighted by atomic mass is 79.9. The van der Waals surface area contributed by atoms with E-state index in [1.807, 2.05) is 6.07 Å². The third-order valence-electron chi connectivity index (χ3n) is 2.53. The van der Waals surface area contributed by atoms with E-state index in [9.17, 15) is 0 Å². The first-order chi connectivity index (χ1) is 7.61. The summed E-state index contributed by atoms with van der Waals surface area (Å²) in [4.78, 5) is 2.17. The van der Waals surface area contributed by atoms with Gasteiger partial charge in [-0.3, -0.25) is 11.3 Å². The van der Waals surface area contributed by atoms with Crippen LogP contribution in [0.4, 0.5) is 0 Å². The Morgan fingerprint density at radius 1 is 1.44 bits per heavy atom. The van der Waals surface area contributed by atoms with Crippen LogP contribution < -0.4 is 11.3 Å². The molecular weight excluding hydrogens is 266 g/mol. The Morgan fingerprint density at radius 2 is 2.19 bits per heavy atom. The third kappa shape index (κ3) is 5.07. The summed E-state index contributed by atoms with van der Waals surface area (Å²) in [6, 6.07) is 8.69. The highest BCUT2D eigenvalue weighted by molar-refractivity contribution is 9.10. The zero-order valence-corrected chi connectivity index (χ0v) is 11.5. The molecule has 1 aromatic rings. The zero-order chi connectivity index (χ0) is 12.0. The smallest absolute Gasteiger partial charge is 0.0263 e. The lowest BCUT2D eigenvalue weighted by molar-refractivity contribution is 0.358. The van der Waals surface area contributed by atoms with E-state index in [4.69, 9.17) is 5.84 Å². The highest BCUT2D eigenvalue weighted by Crippen LogP contribution is 2.13. The van der Waals surface area contributed by atoms with Gasteiger partial charge >= 0.3 is 0 Å². The predicted octanol–water partition coefficient (Wildman–Crippen LogP) is 1.78. The number of hydrogen-bond donors (Lipinski definition) is 2. The van der Waals surface area contributed by atoms with Gasteiger partial charge in [-0.1, -0.05) is 28.1 Å². The molecule has 0 aliphatic carbocycles. The van der Waals surface area contributed by atoms with E-state index < -0.39 is 0 Å². The minimum Gasteiger partial charge on any atom is -0.309 e. The topological polar surface area (TPSA) is 41.3 Å². The molecule has 4 heteroatoms. The normalized spacial score (nSPS) is 13.1. The van der Waals surface area contributed by atoms with Gasteiger partial charge in [0, 0.05) is 10.5 Å². The van der Waals surface area contributed by atoms with Crippen LogP contribution in [0.3, 0.4) is 0 Å². The number of nitrogens with zero attached hydrogens (tertiary/aromatic N) is 1. The molecule has 0 saturated heterocycles. The lowest BCUT2D eigenvalue weighted by atomic mass is 10.0. The molecule has 0 aliphatic rings. The van der Waals surface area contributed by atoms with Crippen LogP contribution in [0.25, 0.3) is 0 Å². The molecule has 1 atom stereocenters. The Labute approximate surface area is 106 Å². The fourth-order valence-electron chi connectivity index (χ4n) is 1.61. The van der Waals surface area contributed by atoms with Crippen LogP contribution in [0.15, 0.2) is 28.7 Å². The number of nitrogens with one attached hydrogen (secondary N) is 1. The molecule has 0 aliphatic heterocycles. The molecule has 0 fully saturated rings. The van der Waals surface area contributed by atoms with Crippen molar-refractivity contribution in [3.05, 3.63) is 34.3 Å². The van der Waals surface area contributed by atoms with Crippen LogP contribution in [0.2, 0.25) is 0 Å². The summed E-state index contributed by atoms with van der Waals surface area (Å²) in [5, 5.41) is 0. The van der Waals surface area contributed by atoms with E-state index in [1.54, 1.807) is 0 Å². The Kier molecular flexibility index (Phi) is 5.98. The first kappa shape index (κ1) is 13.6. The quantitative estimate of drug-likeness (QED) is 0.618. The third-order valence-corrected chi connectivity index (χ3v) is 3.02. The van der Waals surface area contributed by atoms with Gasteiger partial charge in [0.15, 0.2) is 0 Å². The Balaban J connectivity index is 2.49. The monoisotopic (exact) mass is 285 g/mol. The van der Waals surface area contributed by atoms with E-state index >= 15 is 0 Å². The van der Waals surface area contributed by atoms with Crippen LogP contribution in [-0.2, 0) is 6.42 Å².